The van der Waals surface area contributed by atoms with Crippen molar-refractivity contribution in [2.75, 3.05) is 0 Å². The van der Waals surface area contributed by atoms with E-state index in [2.05, 4.69) is 53.5 Å². The second-order valence-corrected chi connectivity index (χ2v) is 5.46. The molecule has 0 amide bonds. The van der Waals surface area contributed by atoms with Gasteiger partial charge in [-0.15, -0.1) is 0 Å². The van der Waals surface area contributed by atoms with Crippen molar-refractivity contribution < 1.29 is 0 Å². The van der Waals surface area contributed by atoms with E-state index >= 15 is 0 Å². The van der Waals surface area contributed by atoms with Gasteiger partial charge in [0.05, 0.1) is 0 Å². The second kappa shape index (κ2) is 6.55. The number of benzene rings is 2. The van der Waals surface area contributed by atoms with Gasteiger partial charge in [0, 0.05) is 16.9 Å². The Hall–Kier alpha value is -2.12. The van der Waals surface area contributed by atoms with Gasteiger partial charge in [-0.2, -0.15) is 0 Å². The molecule has 2 heteroatoms. The number of hydrogen-bond acceptors (Lipinski definition) is 1. The molecular weight excluding hydrogens is 278 g/mol. The molecule has 0 aliphatic rings. The van der Waals surface area contributed by atoms with Crippen molar-refractivity contribution in [3.63, 3.8) is 0 Å². The molecule has 3 aromatic rings. The third-order valence-electron chi connectivity index (χ3n) is 3.51. The maximum atomic E-state index is 5.91. The molecule has 0 spiro atoms. The number of nitrogens with zero attached hydrogens (tertiary/aromatic N) is 1. The van der Waals surface area contributed by atoms with E-state index in [9.17, 15) is 0 Å². The molecule has 1 heterocycles. The van der Waals surface area contributed by atoms with Gasteiger partial charge in [0.15, 0.2) is 0 Å². The van der Waals surface area contributed by atoms with Crippen molar-refractivity contribution in [3.05, 3.63) is 89.2 Å². The van der Waals surface area contributed by atoms with E-state index in [4.69, 9.17) is 11.6 Å². The van der Waals surface area contributed by atoms with Gasteiger partial charge in [0.1, 0.15) is 0 Å². The highest BCUT2D eigenvalue weighted by Crippen LogP contribution is 2.19. The van der Waals surface area contributed by atoms with Crippen LogP contribution in [0.5, 0.6) is 0 Å². The molecule has 0 saturated heterocycles. The summed E-state index contributed by atoms with van der Waals surface area (Å²) in [7, 11) is 0. The molecule has 0 aliphatic carbocycles. The largest absolute Gasteiger partial charge is 0.261 e. The van der Waals surface area contributed by atoms with Crippen LogP contribution in [0.1, 0.15) is 11.3 Å². The summed E-state index contributed by atoms with van der Waals surface area (Å²) in [5.74, 6) is 0. The third kappa shape index (κ3) is 3.71. The Labute approximate surface area is 130 Å². The van der Waals surface area contributed by atoms with E-state index in [0.717, 1.165) is 23.6 Å². The lowest BCUT2D eigenvalue weighted by Gasteiger charge is -2.05. The molecule has 0 saturated carbocycles. The van der Waals surface area contributed by atoms with Gasteiger partial charge >= 0.3 is 0 Å². The third-order valence-corrected chi connectivity index (χ3v) is 3.76. The summed E-state index contributed by atoms with van der Waals surface area (Å²) in [4.78, 5) is 4.47. The summed E-state index contributed by atoms with van der Waals surface area (Å²) < 4.78 is 0. The number of rotatable bonds is 4. The van der Waals surface area contributed by atoms with Gasteiger partial charge in [0.25, 0.3) is 0 Å². The Kier molecular flexibility index (Phi) is 4.32. The molecule has 21 heavy (non-hydrogen) atoms. The maximum Gasteiger partial charge on any atom is 0.0413 e. The lowest BCUT2D eigenvalue weighted by atomic mass is 10.0. The minimum Gasteiger partial charge on any atom is -0.261 e. The molecular formula is C19H16ClN. The Balaban J connectivity index is 1.73. The average molecular weight is 294 g/mol. The molecule has 0 radical (unpaired) electrons. The van der Waals surface area contributed by atoms with Crippen LogP contribution >= 0.6 is 11.6 Å². The predicted molar refractivity (Wildman–Crippen MR) is 88.5 cm³/mol. The van der Waals surface area contributed by atoms with Crippen LogP contribution in [0.3, 0.4) is 0 Å². The van der Waals surface area contributed by atoms with E-state index in [0.29, 0.717) is 0 Å². The molecule has 0 atom stereocenters. The van der Waals surface area contributed by atoms with Crippen LogP contribution in [0.4, 0.5) is 0 Å². The topological polar surface area (TPSA) is 12.9 Å². The Morgan fingerprint density at radius 1 is 0.762 bits per heavy atom. The zero-order valence-corrected chi connectivity index (χ0v) is 12.4. The Morgan fingerprint density at radius 2 is 1.52 bits per heavy atom. The fourth-order valence-electron chi connectivity index (χ4n) is 2.35. The highest BCUT2D eigenvalue weighted by molar-refractivity contribution is 6.30. The molecule has 0 fully saturated rings. The minimum absolute atomic E-state index is 0.781. The molecule has 3 rings (SSSR count). The van der Waals surface area contributed by atoms with E-state index in [-0.39, 0.29) is 0 Å². The Morgan fingerprint density at radius 3 is 2.29 bits per heavy atom. The van der Waals surface area contributed by atoms with Crippen LogP contribution in [0.25, 0.3) is 11.1 Å². The molecule has 1 aromatic heterocycles. The minimum atomic E-state index is 0.781. The van der Waals surface area contributed by atoms with Gasteiger partial charge in [-0.05, 0) is 53.8 Å². The van der Waals surface area contributed by atoms with E-state index in [1.54, 1.807) is 0 Å². The van der Waals surface area contributed by atoms with Crippen LogP contribution in [0.15, 0.2) is 72.9 Å². The number of hydrogen-bond donors (Lipinski definition) is 0. The fourth-order valence-corrected chi connectivity index (χ4v) is 2.47. The van der Waals surface area contributed by atoms with Crippen molar-refractivity contribution in [3.8, 4) is 11.1 Å². The van der Waals surface area contributed by atoms with Crippen molar-refractivity contribution in [2.45, 2.75) is 12.8 Å². The quantitative estimate of drug-likeness (QED) is 0.645. The molecule has 1 nitrogen and oxygen atoms in total. The summed E-state index contributed by atoms with van der Waals surface area (Å²) >= 11 is 5.91. The number of aromatic nitrogens is 1. The summed E-state index contributed by atoms with van der Waals surface area (Å²) in [6.45, 7) is 0. The van der Waals surface area contributed by atoms with Crippen LogP contribution in [-0.4, -0.2) is 4.98 Å². The average Bonchev–Trinajstić information content (AvgIpc) is 2.55. The summed E-state index contributed by atoms with van der Waals surface area (Å²) in [5, 5.41) is 0.781. The predicted octanol–water partition coefficient (Wildman–Crippen LogP) is 5.19. The number of aryl methyl sites for hydroxylation is 2. The van der Waals surface area contributed by atoms with E-state index in [1.807, 2.05) is 24.4 Å². The van der Waals surface area contributed by atoms with Crippen molar-refractivity contribution in [2.24, 2.45) is 0 Å². The van der Waals surface area contributed by atoms with E-state index in [1.165, 1.54) is 16.7 Å². The normalized spacial score (nSPS) is 10.5. The van der Waals surface area contributed by atoms with Crippen LogP contribution in [0, 0.1) is 0 Å². The first-order chi connectivity index (χ1) is 10.3. The summed E-state index contributed by atoms with van der Waals surface area (Å²) in [6.07, 6.45) is 3.80. The molecule has 0 bridgehead atoms. The first-order valence-electron chi connectivity index (χ1n) is 7.06. The van der Waals surface area contributed by atoms with Crippen LogP contribution in [0.2, 0.25) is 5.02 Å². The van der Waals surface area contributed by atoms with Gasteiger partial charge in [0.2, 0.25) is 0 Å². The van der Waals surface area contributed by atoms with Crippen LogP contribution < -0.4 is 0 Å². The Bertz CT molecular complexity index is 705. The van der Waals surface area contributed by atoms with Gasteiger partial charge in [-0.1, -0.05) is 54.1 Å². The number of pyridine rings is 1. The van der Waals surface area contributed by atoms with Crippen molar-refractivity contribution in [1.82, 2.24) is 4.98 Å². The smallest absolute Gasteiger partial charge is 0.0413 e. The van der Waals surface area contributed by atoms with Gasteiger partial charge < -0.3 is 0 Å². The molecule has 0 unspecified atom stereocenters. The summed E-state index contributed by atoms with van der Waals surface area (Å²) in [6, 6.07) is 22.6. The lowest BCUT2D eigenvalue weighted by molar-refractivity contribution is 0.914. The number of halogens is 1. The van der Waals surface area contributed by atoms with Gasteiger partial charge in [-0.25, -0.2) is 0 Å². The summed E-state index contributed by atoms with van der Waals surface area (Å²) in [5.41, 5.74) is 4.85. The standard InChI is InChI=1S/C19H16ClN/c20-18-9-6-15(7-10-18)8-11-19-14-17(12-13-21-19)16-4-2-1-3-5-16/h1-7,9-10,12-14H,8,11H2. The SMILES string of the molecule is Clc1ccc(CCc2cc(-c3ccccc3)ccn2)cc1. The molecule has 2 aromatic carbocycles. The fraction of sp³-hybridized carbons (Fsp3) is 0.105. The maximum absolute atomic E-state index is 5.91. The molecule has 104 valence electrons. The van der Waals surface area contributed by atoms with Gasteiger partial charge in [-0.3, -0.25) is 4.98 Å². The monoisotopic (exact) mass is 293 g/mol. The highest BCUT2D eigenvalue weighted by atomic mass is 35.5. The van der Waals surface area contributed by atoms with Crippen LogP contribution in [-0.2, 0) is 12.8 Å². The van der Waals surface area contributed by atoms with Crippen molar-refractivity contribution in [1.29, 1.82) is 0 Å². The first-order valence-corrected chi connectivity index (χ1v) is 7.44. The highest BCUT2D eigenvalue weighted by Gasteiger charge is 2.01. The van der Waals surface area contributed by atoms with E-state index < -0.39 is 0 Å². The van der Waals surface area contributed by atoms with Crippen molar-refractivity contribution >= 4 is 11.6 Å². The zero-order chi connectivity index (χ0) is 14.5. The molecule has 0 N–H and O–H groups in total. The second-order valence-electron chi connectivity index (χ2n) is 5.03. The lowest BCUT2D eigenvalue weighted by Crippen LogP contribution is -1.94. The zero-order valence-electron chi connectivity index (χ0n) is 11.7. The molecule has 0 aliphatic heterocycles. The first kappa shape index (κ1) is 13.8.